The molecule has 1 aliphatic carbocycles. The molecule has 1 saturated carbocycles. The molecule has 4 nitrogen and oxygen atoms in total. The zero-order valence-corrected chi connectivity index (χ0v) is 25.1. The maximum atomic E-state index is 11.4. The van der Waals surface area contributed by atoms with Crippen LogP contribution in [0.3, 0.4) is 0 Å². The van der Waals surface area contributed by atoms with E-state index in [0.717, 1.165) is 58.3 Å². The number of thioether (sulfide) groups is 1. The van der Waals surface area contributed by atoms with Crippen LogP contribution >= 0.6 is 23.4 Å². The predicted octanol–water partition coefficient (Wildman–Crippen LogP) is 9.26. The molecule has 0 aliphatic heterocycles. The number of carbonyl (C=O) groups is 1. The smallest absolute Gasteiger partial charge is 0.303 e. The van der Waals surface area contributed by atoms with E-state index in [1.165, 1.54) is 11.1 Å². The molecule has 41 heavy (non-hydrogen) atoms. The first-order valence-corrected chi connectivity index (χ1v) is 15.7. The van der Waals surface area contributed by atoms with Gasteiger partial charge in [-0.15, -0.1) is 0 Å². The van der Waals surface area contributed by atoms with Crippen molar-refractivity contribution in [2.45, 2.75) is 50.7 Å². The quantitative estimate of drug-likeness (QED) is 0.173. The Kier molecular flexibility index (Phi) is 9.18. The molecule has 1 aliphatic rings. The molecule has 1 fully saturated rings. The van der Waals surface area contributed by atoms with Crippen LogP contribution in [0.25, 0.3) is 34.2 Å². The third-order valence-electron chi connectivity index (χ3n) is 8.02. The van der Waals surface area contributed by atoms with Gasteiger partial charge in [0.25, 0.3) is 0 Å². The minimum Gasteiger partial charge on any atom is -0.481 e. The van der Waals surface area contributed by atoms with Gasteiger partial charge in [-0.3, -0.25) is 4.79 Å². The molecule has 0 spiro atoms. The lowest BCUT2D eigenvalue weighted by molar-refractivity contribution is -0.138. The molecule has 4 aromatic rings. The van der Waals surface area contributed by atoms with Crippen molar-refractivity contribution >= 4 is 52.4 Å². The van der Waals surface area contributed by atoms with E-state index in [2.05, 4.69) is 68.5 Å². The van der Waals surface area contributed by atoms with Crippen LogP contribution in [-0.4, -0.2) is 33.5 Å². The molecule has 3 aromatic carbocycles. The van der Waals surface area contributed by atoms with E-state index < -0.39 is 5.97 Å². The molecule has 1 aromatic heterocycles. The standard InChI is InChI=1S/C35H36ClNO3S/c1-3-32(41-22-35(16-17-35)20-33(39)40)30-9-5-8-29(23(2)21-38)34(30)26-7-4-6-24(18-26)10-14-28-15-12-25-11-13-27(36)19-31(25)37-28/h4-15,18-19,23,32,38H,3,16-17,20-22H2,1-2H3,(H,39,40)/t23-,32?/m0/s1. The maximum absolute atomic E-state index is 11.4. The van der Waals surface area contributed by atoms with Crippen molar-refractivity contribution in [3.63, 3.8) is 0 Å². The number of nitrogens with zero attached hydrogens (tertiary/aromatic N) is 1. The van der Waals surface area contributed by atoms with Gasteiger partial charge in [0, 0.05) is 33.9 Å². The lowest BCUT2D eigenvalue weighted by Crippen LogP contribution is -2.12. The molecule has 1 unspecified atom stereocenters. The van der Waals surface area contributed by atoms with Gasteiger partial charge in [0.05, 0.1) is 17.6 Å². The van der Waals surface area contributed by atoms with Crippen LogP contribution in [0.2, 0.25) is 5.02 Å². The lowest BCUT2D eigenvalue weighted by atomic mass is 9.86. The summed E-state index contributed by atoms with van der Waals surface area (Å²) >= 11 is 8.06. The van der Waals surface area contributed by atoms with Crippen LogP contribution in [-0.2, 0) is 4.79 Å². The summed E-state index contributed by atoms with van der Waals surface area (Å²) in [6.45, 7) is 4.33. The van der Waals surface area contributed by atoms with Gasteiger partial charge in [0.2, 0.25) is 0 Å². The molecule has 0 radical (unpaired) electrons. The number of aliphatic carboxylic acids is 1. The number of aliphatic hydroxyl groups is 1. The summed E-state index contributed by atoms with van der Waals surface area (Å²) in [5, 5.41) is 21.5. The van der Waals surface area contributed by atoms with E-state index in [4.69, 9.17) is 16.6 Å². The van der Waals surface area contributed by atoms with Gasteiger partial charge in [-0.25, -0.2) is 4.98 Å². The first kappa shape index (κ1) is 29.4. The Bertz CT molecular complexity index is 1580. The van der Waals surface area contributed by atoms with Gasteiger partial charge in [0.1, 0.15) is 0 Å². The summed E-state index contributed by atoms with van der Waals surface area (Å²) in [4.78, 5) is 16.2. The third kappa shape index (κ3) is 7.03. The highest BCUT2D eigenvalue weighted by atomic mass is 35.5. The minimum absolute atomic E-state index is 0.0120. The molecule has 5 rings (SSSR count). The van der Waals surface area contributed by atoms with Gasteiger partial charge >= 0.3 is 5.97 Å². The van der Waals surface area contributed by atoms with Gasteiger partial charge in [0.15, 0.2) is 0 Å². The van der Waals surface area contributed by atoms with E-state index in [-0.39, 0.29) is 29.6 Å². The van der Waals surface area contributed by atoms with E-state index in [1.807, 2.05) is 42.1 Å². The summed E-state index contributed by atoms with van der Waals surface area (Å²) in [7, 11) is 0. The fourth-order valence-corrected chi connectivity index (χ4v) is 7.18. The molecule has 2 atom stereocenters. The van der Waals surface area contributed by atoms with Crippen LogP contribution in [0.5, 0.6) is 0 Å². The molecule has 1 heterocycles. The number of fused-ring (bicyclic) bond motifs is 1. The third-order valence-corrected chi connectivity index (χ3v) is 10.0. The predicted molar refractivity (Wildman–Crippen MR) is 172 cm³/mol. The number of hydrogen-bond acceptors (Lipinski definition) is 4. The molecule has 0 bridgehead atoms. The summed E-state index contributed by atoms with van der Waals surface area (Å²) in [5.41, 5.74) is 7.38. The second kappa shape index (κ2) is 12.8. The number of benzene rings is 3. The fraction of sp³-hybridized carbons (Fsp3) is 0.314. The van der Waals surface area contributed by atoms with Crippen LogP contribution in [0.1, 0.15) is 73.1 Å². The van der Waals surface area contributed by atoms with Gasteiger partial charge < -0.3 is 10.2 Å². The summed E-state index contributed by atoms with van der Waals surface area (Å²) in [6.07, 6.45) is 7.27. The van der Waals surface area contributed by atoms with Crippen molar-refractivity contribution in [2.24, 2.45) is 5.41 Å². The zero-order chi connectivity index (χ0) is 29.0. The number of aromatic nitrogens is 1. The van der Waals surface area contributed by atoms with Gasteiger partial charge in [-0.1, -0.05) is 80.1 Å². The van der Waals surface area contributed by atoms with E-state index in [1.54, 1.807) is 0 Å². The number of aliphatic hydroxyl groups excluding tert-OH is 1. The van der Waals surface area contributed by atoms with Crippen LogP contribution in [0, 0.1) is 5.41 Å². The number of hydrogen-bond donors (Lipinski definition) is 2. The van der Waals surface area contributed by atoms with Crippen LogP contribution in [0.15, 0.2) is 72.8 Å². The van der Waals surface area contributed by atoms with Gasteiger partial charge in [-0.05, 0) is 82.8 Å². The van der Waals surface area contributed by atoms with Crippen molar-refractivity contribution in [3.8, 4) is 11.1 Å². The Morgan fingerprint density at radius 1 is 1.05 bits per heavy atom. The zero-order valence-electron chi connectivity index (χ0n) is 23.5. The Morgan fingerprint density at radius 2 is 1.80 bits per heavy atom. The molecule has 212 valence electrons. The lowest BCUT2D eigenvalue weighted by Gasteiger charge is -2.25. The molecule has 2 N–H and O–H groups in total. The number of carboxylic acid groups (broad SMARTS) is 1. The molecular formula is C35H36ClNO3S. The second-order valence-corrected chi connectivity index (χ2v) is 12.8. The SMILES string of the molecule is CCC(SCC1(CC(=O)O)CC1)c1cccc([C@@H](C)CO)c1-c1cccc(C=Cc2ccc3ccc(Cl)cc3n2)c1. The number of halogens is 1. The van der Waals surface area contributed by atoms with E-state index in [0.29, 0.717) is 5.02 Å². The Hall–Kier alpha value is -3.12. The average Bonchev–Trinajstić information content (AvgIpc) is 3.74. The van der Waals surface area contributed by atoms with Crippen molar-refractivity contribution in [2.75, 3.05) is 12.4 Å². The Balaban J connectivity index is 1.47. The molecule has 0 amide bonds. The fourth-order valence-electron chi connectivity index (χ4n) is 5.45. The average molecular weight is 586 g/mol. The van der Waals surface area contributed by atoms with Crippen LogP contribution < -0.4 is 0 Å². The topological polar surface area (TPSA) is 70.4 Å². The number of pyridine rings is 1. The van der Waals surface area contributed by atoms with Crippen molar-refractivity contribution < 1.29 is 15.0 Å². The first-order chi connectivity index (χ1) is 19.8. The highest BCUT2D eigenvalue weighted by molar-refractivity contribution is 7.99. The second-order valence-electron chi connectivity index (χ2n) is 11.2. The van der Waals surface area contributed by atoms with Crippen molar-refractivity contribution in [3.05, 3.63) is 100 Å². The van der Waals surface area contributed by atoms with E-state index >= 15 is 0 Å². The normalized spacial score (nSPS) is 15.7. The van der Waals surface area contributed by atoms with Crippen molar-refractivity contribution in [1.29, 1.82) is 0 Å². The number of rotatable bonds is 12. The number of carboxylic acids is 1. The largest absolute Gasteiger partial charge is 0.481 e. The van der Waals surface area contributed by atoms with E-state index in [9.17, 15) is 15.0 Å². The monoisotopic (exact) mass is 585 g/mol. The highest BCUT2D eigenvalue weighted by Gasteiger charge is 2.44. The first-order valence-electron chi connectivity index (χ1n) is 14.2. The maximum Gasteiger partial charge on any atom is 0.303 e. The summed E-state index contributed by atoms with van der Waals surface area (Å²) < 4.78 is 0. The Labute approximate surface area is 251 Å². The van der Waals surface area contributed by atoms with Crippen LogP contribution in [0.4, 0.5) is 0 Å². The van der Waals surface area contributed by atoms with Gasteiger partial charge in [-0.2, -0.15) is 11.8 Å². The Morgan fingerprint density at radius 3 is 2.54 bits per heavy atom. The molecular weight excluding hydrogens is 550 g/mol. The minimum atomic E-state index is -0.705. The molecule has 0 saturated heterocycles. The molecule has 6 heteroatoms. The summed E-state index contributed by atoms with van der Waals surface area (Å²) in [6, 6.07) is 24.7. The highest BCUT2D eigenvalue weighted by Crippen LogP contribution is 2.54. The van der Waals surface area contributed by atoms with Crippen molar-refractivity contribution in [1.82, 2.24) is 4.98 Å². The summed E-state index contributed by atoms with van der Waals surface area (Å²) in [5.74, 6) is 0.134.